The van der Waals surface area contributed by atoms with Gasteiger partial charge in [-0.15, -0.1) is 0 Å². The van der Waals surface area contributed by atoms with Gasteiger partial charge in [-0.25, -0.2) is 8.78 Å². The topological polar surface area (TPSA) is 69.6 Å². The Bertz CT molecular complexity index is 816. The smallest absolute Gasteiger partial charge is 0.258 e. The van der Waals surface area contributed by atoms with Gasteiger partial charge in [-0.3, -0.25) is 9.59 Å². The number of carbonyl (C=O) groups is 2. The maximum atomic E-state index is 13.7. The Kier molecular flexibility index (Phi) is 4.65. The lowest BCUT2D eigenvalue weighted by Gasteiger charge is -2.29. The summed E-state index contributed by atoms with van der Waals surface area (Å²) in [5, 5.41) is 11.8. The molecule has 2 aromatic carbocycles. The highest BCUT2D eigenvalue weighted by Gasteiger charge is 2.24. The van der Waals surface area contributed by atoms with E-state index in [-0.39, 0.29) is 12.5 Å². The first kappa shape index (κ1) is 16.9. The number of anilines is 1. The monoisotopic (exact) mass is 346 g/mol. The average molecular weight is 346 g/mol. The van der Waals surface area contributed by atoms with Crippen molar-refractivity contribution in [3.8, 4) is 5.75 Å². The van der Waals surface area contributed by atoms with E-state index in [0.717, 1.165) is 24.1 Å². The van der Waals surface area contributed by atoms with E-state index in [4.69, 9.17) is 0 Å². The van der Waals surface area contributed by atoms with Gasteiger partial charge in [0.2, 0.25) is 5.91 Å². The molecule has 1 aliphatic heterocycles. The SMILES string of the molecule is O=C(NCC(=O)N1CCCc2ccccc21)c1c(O)cc(F)cc1F. The van der Waals surface area contributed by atoms with Gasteiger partial charge in [-0.2, -0.15) is 0 Å². The van der Waals surface area contributed by atoms with Crippen molar-refractivity contribution in [2.75, 3.05) is 18.0 Å². The van der Waals surface area contributed by atoms with Gasteiger partial charge in [-0.05, 0) is 24.5 Å². The first-order chi connectivity index (χ1) is 12.0. The second-order valence-corrected chi connectivity index (χ2v) is 5.74. The third-order valence-corrected chi connectivity index (χ3v) is 4.07. The van der Waals surface area contributed by atoms with Crippen LogP contribution in [0, 0.1) is 11.6 Å². The molecule has 7 heteroatoms. The number of rotatable bonds is 3. The number of nitrogens with one attached hydrogen (secondary N) is 1. The van der Waals surface area contributed by atoms with Crippen LogP contribution in [0.3, 0.4) is 0 Å². The Morgan fingerprint density at radius 2 is 1.96 bits per heavy atom. The molecule has 130 valence electrons. The number of aryl methyl sites for hydroxylation is 1. The Balaban J connectivity index is 1.70. The number of fused-ring (bicyclic) bond motifs is 1. The highest BCUT2D eigenvalue weighted by molar-refractivity contribution is 6.02. The number of hydrogen-bond donors (Lipinski definition) is 2. The van der Waals surface area contributed by atoms with E-state index in [9.17, 15) is 23.5 Å². The van der Waals surface area contributed by atoms with Crippen molar-refractivity contribution in [2.45, 2.75) is 12.8 Å². The molecule has 0 atom stereocenters. The molecule has 0 saturated carbocycles. The van der Waals surface area contributed by atoms with Crippen molar-refractivity contribution in [1.29, 1.82) is 0 Å². The lowest BCUT2D eigenvalue weighted by molar-refractivity contribution is -0.117. The minimum Gasteiger partial charge on any atom is -0.507 e. The number of benzene rings is 2. The largest absolute Gasteiger partial charge is 0.507 e. The van der Waals surface area contributed by atoms with Gasteiger partial charge in [0.15, 0.2) is 0 Å². The minimum absolute atomic E-state index is 0.345. The molecule has 0 fully saturated rings. The standard InChI is InChI=1S/C18H16F2N2O3/c19-12-8-13(20)17(15(23)9-12)18(25)21-10-16(24)22-7-3-5-11-4-1-2-6-14(11)22/h1-2,4,6,8-9,23H,3,5,7,10H2,(H,21,25). The second kappa shape index (κ2) is 6.88. The highest BCUT2D eigenvalue weighted by Crippen LogP contribution is 2.26. The van der Waals surface area contributed by atoms with Crippen molar-refractivity contribution < 1.29 is 23.5 Å². The molecule has 0 unspecified atom stereocenters. The predicted octanol–water partition coefficient (Wildman–Crippen LogP) is 2.38. The Morgan fingerprint density at radius 3 is 2.72 bits per heavy atom. The number of phenolic OH excluding ortho intramolecular Hbond substituents is 1. The van der Waals surface area contributed by atoms with E-state index in [0.29, 0.717) is 18.7 Å². The van der Waals surface area contributed by atoms with E-state index >= 15 is 0 Å². The van der Waals surface area contributed by atoms with Crippen LogP contribution >= 0.6 is 0 Å². The van der Waals surface area contributed by atoms with Crippen molar-refractivity contribution in [3.05, 3.63) is 59.2 Å². The summed E-state index contributed by atoms with van der Waals surface area (Å²) < 4.78 is 26.7. The maximum Gasteiger partial charge on any atom is 0.258 e. The minimum atomic E-state index is -1.19. The molecular formula is C18H16F2N2O3. The number of aromatic hydroxyl groups is 1. The van der Waals surface area contributed by atoms with Gasteiger partial charge in [0, 0.05) is 24.4 Å². The van der Waals surface area contributed by atoms with Crippen molar-refractivity contribution >= 4 is 17.5 Å². The summed E-state index contributed by atoms with van der Waals surface area (Å²) in [5.41, 5.74) is 1.16. The molecule has 1 heterocycles. The third-order valence-electron chi connectivity index (χ3n) is 4.07. The van der Waals surface area contributed by atoms with Crippen molar-refractivity contribution in [3.63, 3.8) is 0 Å². The number of amides is 2. The number of halogens is 2. The zero-order valence-electron chi connectivity index (χ0n) is 13.3. The number of hydrogen-bond acceptors (Lipinski definition) is 3. The lowest BCUT2D eigenvalue weighted by Crippen LogP contribution is -2.42. The summed E-state index contributed by atoms with van der Waals surface area (Å²) in [7, 11) is 0. The van der Waals surface area contributed by atoms with Gasteiger partial charge >= 0.3 is 0 Å². The van der Waals surface area contributed by atoms with Crippen LogP contribution in [0.4, 0.5) is 14.5 Å². The fourth-order valence-corrected chi connectivity index (χ4v) is 2.92. The molecule has 2 aromatic rings. The van der Waals surface area contributed by atoms with Crippen LogP contribution in [0.2, 0.25) is 0 Å². The highest BCUT2D eigenvalue weighted by atomic mass is 19.1. The summed E-state index contributed by atoms with van der Waals surface area (Å²) >= 11 is 0. The van der Waals surface area contributed by atoms with E-state index in [2.05, 4.69) is 5.32 Å². The number of para-hydroxylation sites is 1. The van der Waals surface area contributed by atoms with Crippen LogP contribution in [0.25, 0.3) is 0 Å². The molecule has 2 N–H and O–H groups in total. The van der Waals surface area contributed by atoms with Gasteiger partial charge in [-0.1, -0.05) is 18.2 Å². The summed E-state index contributed by atoms with van der Waals surface area (Å²) in [6.45, 7) is 0.172. The molecule has 25 heavy (non-hydrogen) atoms. The molecule has 0 spiro atoms. The molecular weight excluding hydrogens is 330 g/mol. The fourth-order valence-electron chi connectivity index (χ4n) is 2.92. The third kappa shape index (κ3) is 3.45. The van der Waals surface area contributed by atoms with Crippen LogP contribution in [0.1, 0.15) is 22.3 Å². The first-order valence-corrected chi connectivity index (χ1v) is 7.82. The summed E-state index contributed by atoms with van der Waals surface area (Å²) in [5.74, 6) is -4.32. The van der Waals surface area contributed by atoms with E-state index < -0.39 is 28.9 Å². The Morgan fingerprint density at radius 1 is 1.20 bits per heavy atom. The molecule has 0 saturated heterocycles. The molecule has 0 bridgehead atoms. The quantitative estimate of drug-likeness (QED) is 0.897. The predicted molar refractivity (Wildman–Crippen MR) is 87.5 cm³/mol. The Labute approximate surface area is 142 Å². The molecule has 1 aliphatic rings. The number of phenols is 1. The van der Waals surface area contributed by atoms with E-state index in [1.807, 2.05) is 24.3 Å². The summed E-state index contributed by atoms with van der Waals surface area (Å²) in [6.07, 6.45) is 1.69. The Hall–Kier alpha value is -2.96. The van der Waals surface area contributed by atoms with Crippen molar-refractivity contribution in [1.82, 2.24) is 5.32 Å². The van der Waals surface area contributed by atoms with Gasteiger partial charge in [0.25, 0.3) is 5.91 Å². The molecule has 2 amide bonds. The average Bonchev–Trinajstić information content (AvgIpc) is 2.58. The zero-order chi connectivity index (χ0) is 18.0. The van der Waals surface area contributed by atoms with Crippen LogP contribution in [-0.2, 0) is 11.2 Å². The van der Waals surface area contributed by atoms with Crippen molar-refractivity contribution in [2.24, 2.45) is 0 Å². The van der Waals surface area contributed by atoms with Crippen LogP contribution in [-0.4, -0.2) is 30.0 Å². The van der Waals surface area contributed by atoms with Gasteiger partial charge < -0.3 is 15.3 Å². The second-order valence-electron chi connectivity index (χ2n) is 5.74. The van der Waals surface area contributed by atoms with Crippen LogP contribution < -0.4 is 10.2 Å². The van der Waals surface area contributed by atoms with Crippen LogP contribution in [0.15, 0.2) is 36.4 Å². The zero-order valence-corrected chi connectivity index (χ0v) is 13.3. The van der Waals surface area contributed by atoms with Crippen LogP contribution in [0.5, 0.6) is 5.75 Å². The van der Waals surface area contributed by atoms with E-state index in [1.165, 1.54) is 0 Å². The molecule has 3 rings (SSSR count). The number of carbonyl (C=O) groups excluding carboxylic acids is 2. The molecule has 0 aromatic heterocycles. The maximum absolute atomic E-state index is 13.7. The molecule has 5 nitrogen and oxygen atoms in total. The van der Waals surface area contributed by atoms with Gasteiger partial charge in [0.1, 0.15) is 22.9 Å². The number of nitrogens with zero attached hydrogens (tertiary/aromatic N) is 1. The summed E-state index contributed by atoms with van der Waals surface area (Å²) in [6, 6.07) is 8.64. The normalized spacial score (nSPS) is 13.3. The molecule has 0 aliphatic carbocycles. The first-order valence-electron chi connectivity index (χ1n) is 7.82. The fraction of sp³-hybridized carbons (Fsp3) is 0.222. The molecule has 0 radical (unpaired) electrons. The lowest BCUT2D eigenvalue weighted by atomic mass is 10.0. The summed E-state index contributed by atoms with van der Waals surface area (Å²) in [4.78, 5) is 26.0. The van der Waals surface area contributed by atoms with Gasteiger partial charge in [0.05, 0.1) is 6.54 Å². The van der Waals surface area contributed by atoms with E-state index in [1.54, 1.807) is 4.90 Å².